The van der Waals surface area contributed by atoms with Crippen molar-refractivity contribution >= 4 is 12.1 Å². The Morgan fingerprint density at radius 3 is 2.93 bits per heavy atom. The first kappa shape index (κ1) is 22.5. The number of piperidine rings is 1. The SMILES string of the molecule is CC(C)(C)OC(=O)N1CCCC(NC(=NCC2CCOC2)NCCc2ccco2)C1. The summed E-state index contributed by atoms with van der Waals surface area (Å²) in [7, 11) is 0. The third-order valence-electron chi connectivity index (χ3n) is 5.19. The van der Waals surface area contributed by atoms with Crippen molar-refractivity contribution in [2.24, 2.45) is 10.9 Å². The minimum atomic E-state index is -0.485. The molecule has 30 heavy (non-hydrogen) atoms. The molecule has 2 unspecified atom stereocenters. The summed E-state index contributed by atoms with van der Waals surface area (Å²) < 4.78 is 16.4. The summed E-state index contributed by atoms with van der Waals surface area (Å²) in [6, 6.07) is 4.01. The van der Waals surface area contributed by atoms with Gasteiger partial charge >= 0.3 is 6.09 Å². The molecule has 3 rings (SSSR count). The molecule has 0 aromatic carbocycles. The third kappa shape index (κ3) is 7.55. The normalized spacial score (nSPS) is 22.8. The smallest absolute Gasteiger partial charge is 0.410 e. The number of amides is 1. The largest absolute Gasteiger partial charge is 0.469 e. The van der Waals surface area contributed by atoms with Crippen molar-refractivity contribution < 1.29 is 18.7 Å². The number of rotatable bonds is 6. The number of nitrogens with one attached hydrogen (secondary N) is 2. The Hall–Kier alpha value is -2.22. The van der Waals surface area contributed by atoms with Gasteiger partial charge in [0.2, 0.25) is 0 Å². The van der Waals surface area contributed by atoms with E-state index in [-0.39, 0.29) is 12.1 Å². The Morgan fingerprint density at radius 2 is 2.23 bits per heavy atom. The first-order valence-corrected chi connectivity index (χ1v) is 11.0. The summed E-state index contributed by atoms with van der Waals surface area (Å²) >= 11 is 0. The molecule has 0 spiro atoms. The van der Waals surface area contributed by atoms with Crippen LogP contribution in [0.1, 0.15) is 45.8 Å². The number of hydrogen-bond acceptors (Lipinski definition) is 5. The summed E-state index contributed by atoms with van der Waals surface area (Å²) in [4.78, 5) is 19.0. The number of hydrogen-bond donors (Lipinski definition) is 2. The molecule has 1 aromatic heterocycles. The summed E-state index contributed by atoms with van der Waals surface area (Å²) in [6.45, 7) is 10.1. The van der Waals surface area contributed by atoms with Crippen LogP contribution in [-0.2, 0) is 15.9 Å². The minimum Gasteiger partial charge on any atom is -0.469 e. The van der Waals surface area contributed by atoms with Gasteiger partial charge in [0.25, 0.3) is 0 Å². The molecule has 0 radical (unpaired) electrons. The Labute approximate surface area is 179 Å². The van der Waals surface area contributed by atoms with Gasteiger partial charge < -0.3 is 29.4 Å². The van der Waals surface area contributed by atoms with Gasteiger partial charge in [0.15, 0.2) is 5.96 Å². The number of furan rings is 1. The number of ether oxygens (including phenoxy) is 2. The van der Waals surface area contributed by atoms with Crippen LogP contribution in [0.5, 0.6) is 0 Å². The zero-order chi connectivity index (χ0) is 21.4. The molecule has 2 aliphatic heterocycles. The minimum absolute atomic E-state index is 0.140. The lowest BCUT2D eigenvalue weighted by atomic mass is 10.1. The molecular formula is C22H36N4O4. The van der Waals surface area contributed by atoms with E-state index in [4.69, 9.17) is 18.9 Å². The van der Waals surface area contributed by atoms with Gasteiger partial charge in [-0.05, 0) is 52.2 Å². The van der Waals surface area contributed by atoms with Crippen LogP contribution in [0.2, 0.25) is 0 Å². The predicted octanol–water partition coefficient (Wildman–Crippen LogP) is 2.79. The molecule has 1 aromatic rings. The highest BCUT2D eigenvalue weighted by molar-refractivity contribution is 5.80. The molecule has 168 valence electrons. The first-order valence-electron chi connectivity index (χ1n) is 11.0. The lowest BCUT2D eigenvalue weighted by molar-refractivity contribution is 0.0193. The van der Waals surface area contributed by atoms with Crippen LogP contribution in [0.25, 0.3) is 0 Å². The summed E-state index contributed by atoms with van der Waals surface area (Å²) in [5.41, 5.74) is -0.485. The molecular weight excluding hydrogens is 384 g/mol. The van der Waals surface area contributed by atoms with Gasteiger partial charge in [-0.1, -0.05) is 0 Å². The average Bonchev–Trinajstić information content (AvgIpc) is 3.39. The summed E-state index contributed by atoms with van der Waals surface area (Å²) in [5, 5.41) is 6.94. The van der Waals surface area contributed by atoms with Gasteiger partial charge in [-0.15, -0.1) is 0 Å². The van der Waals surface area contributed by atoms with Crippen LogP contribution in [0, 0.1) is 5.92 Å². The molecule has 0 saturated carbocycles. The first-order chi connectivity index (χ1) is 14.4. The molecule has 3 heterocycles. The highest BCUT2D eigenvalue weighted by Gasteiger charge is 2.28. The Morgan fingerprint density at radius 1 is 1.37 bits per heavy atom. The van der Waals surface area contributed by atoms with Crippen molar-refractivity contribution in [1.29, 1.82) is 0 Å². The van der Waals surface area contributed by atoms with Gasteiger partial charge in [0.1, 0.15) is 11.4 Å². The lowest BCUT2D eigenvalue weighted by Gasteiger charge is -2.35. The Kier molecular flexibility index (Phi) is 8.01. The highest BCUT2D eigenvalue weighted by atomic mass is 16.6. The van der Waals surface area contributed by atoms with E-state index in [2.05, 4.69) is 10.6 Å². The molecule has 0 bridgehead atoms. The van der Waals surface area contributed by atoms with E-state index in [0.717, 1.165) is 70.3 Å². The fourth-order valence-corrected chi connectivity index (χ4v) is 3.64. The van der Waals surface area contributed by atoms with E-state index in [1.165, 1.54) is 0 Å². The van der Waals surface area contributed by atoms with E-state index >= 15 is 0 Å². The molecule has 2 atom stereocenters. The topological polar surface area (TPSA) is 88.3 Å². The Balaban J connectivity index is 1.54. The fraction of sp³-hybridized carbons (Fsp3) is 0.727. The number of aliphatic imine (C=N–C) groups is 1. The monoisotopic (exact) mass is 420 g/mol. The number of nitrogens with zero attached hydrogens (tertiary/aromatic N) is 2. The Bertz CT molecular complexity index is 678. The van der Waals surface area contributed by atoms with Crippen molar-refractivity contribution in [2.45, 2.75) is 58.1 Å². The second-order valence-electron chi connectivity index (χ2n) is 9.08. The molecule has 8 nitrogen and oxygen atoms in total. The van der Waals surface area contributed by atoms with E-state index in [1.54, 1.807) is 11.2 Å². The van der Waals surface area contributed by atoms with E-state index in [0.29, 0.717) is 12.5 Å². The van der Waals surface area contributed by atoms with Crippen molar-refractivity contribution in [3.63, 3.8) is 0 Å². The van der Waals surface area contributed by atoms with Crippen LogP contribution < -0.4 is 10.6 Å². The molecule has 2 saturated heterocycles. The van der Waals surface area contributed by atoms with E-state index in [9.17, 15) is 4.79 Å². The quantitative estimate of drug-likeness (QED) is 0.543. The van der Waals surface area contributed by atoms with Crippen molar-refractivity contribution in [3.8, 4) is 0 Å². The molecule has 1 amide bonds. The van der Waals surface area contributed by atoms with Crippen molar-refractivity contribution in [1.82, 2.24) is 15.5 Å². The molecule has 2 aliphatic rings. The number of likely N-dealkylation sites (tertiary alicyclic amines) is 1. The maximum Gasteiger partial charge on any atom is 0.410 e. The maximum atomic E-state index is 12.5. The van der Waals surface area contributed by atoms with Crippen LogP contribution in [0.4, 0.5) is 4.79 Å². The van der Waals surface area contributed by atoms with Crippen molar-refractivity contribution in [2.75, 3.05) is 39.4 Å². The number of guanidine groups is 1. The van der Waals surface area contributed by atoms with E-state index < -0.39 is 5.60 Å². The maximum absolute atomic E-state index is 12.5. The number of carbonyl (C=O) groups is 1. The van der Waals surface area contributed by atoms with Crippen molar-refractivity contribution in [3.05, 3.63) is 24.2 Å². The van der Waals surface area contributed by atoms with Crippen LogP contribution in [-0.4, -0.2) is 68.0 Å². The zero-order valence-electron chi connectivity index (χ0n) is 18.5. The second kappa shape index (κ2) is 10.7. The highest BCUT2D eigenvalue weighted by Crippen LogP contribution is 2.16. The molecule has 8 heteroatoms. The van der Waals surface area contributed by atoms with Gasteiger partial charge in [0.05, 0.1) is 12.9 Å². The van der Waals surface area contributed by atoms with Gasteiger partial charge in [-0.3, -0.25) is 4.99 Å². The van der Waals surface area contributed by atoms with E-state index in [1.807, 2.05) is 32.9 Å². The average molecular weight is 421 g/mol. The van der Waals surface area contributed by atoms with Crippen LogP contribution >= 0.6 is 0 Å². The lowest BCUT2D eigenvalue weighted by Crippen LogP contribution is -2.53. The summed E-state index contributed by atoms with van der Waals surface area (Å²) in [6.07, 6.45) is 5.21. The summed E-state index contributed by atoms with van der Waals surface area (Å²) in [5.74, 6) is 2.20. The van der Waals surface area contributed by atoms with Gasteiger partial charge in [-0.2, -0.15) is 0 Å². The molecule has 2 N–H and O–H groups in total. The molecule has 0 aliphatic carbocycles. The van der Waals surface area contributed by atoms with Crippen LogP contribution in [0.15, 0.2) is 27.8 Å². The van der Waals surface area contributed by atoms with Gasteiger partial charge in [-0.25, -0.2) is 4.79 Å². The van der Waals surface area contributed by atoms with Gasteiger partial charge in [0, 0.05) is 51.2 Å². The fourth-order valence-electron chi connectivity index (χ4n) is 3.64. The standard InChI is InChI=1S/C22H36N4O4/c1-22(2,3)30-21(27)26-11-4-6-18(15-26)25-20(24-14-17-9-13-28-16-17)23-10-8-19-7-5-12-29-19/h5,7,12,17-18H,4,6,8-11,13-16H2,1-3H3,(H2,23,24,25). The third-order valence-corrected chi connectivity index (χ3v) is 5.19. The van der Waals surface area contributed by atoms with Crippen LogP contribution in [0.3, 0.4) is 0 Å². The predicted molar refractivity (Wildman–Crippen MR) is 116 cm³/mol. The molecule has 2 fully saturated rings. The zero-order valence-corrected chi connectivity index (χ0v) is 18.5. The second-order valence-corrected chi connectivity index (χ2v) is 9.08. The number of carbonyl (C=O) groups excluding carboxylic acids is 1.